The molecule has 0 atom stereocenters. The monoisotopic (exact) mass is 453 g/mol. The average molecular weight is 454 g/mol. The number of halogens is 1. The summed E-state index contributed by atoms with van der Waals surface area (Å²) >= 11 is 3.52. The largest absolute Gasteiger partial charge is 0.504 e. The Balaban J connectivity index is 1.83. The highest BCUT2D eigenvalue weighted by Crippen LogP contribution is 2.28. The van der Waals surface area contributed by atoms with Gasteiger partial charge in [0.05, 0.1) is 25.6 Å². The summed E-state index contributed by atoms with van der Waals surface area (Å²) in [7, 11) is 3.03. The number of nitrogens with zero attached hydrogens (tertiary/aromatic N) is 1. The van der Waals surface area contributed by atoms with Gasteiger partial charge >= 0.3 is 0 Å². The Morgan fingerprint density at radius 3 is 1.59 bits per heavy atom. The Kier molecular flexibility index (Phi) is 6.57. The van der Waals surface area contributed by atoms with Crippen LogP contribution < -0.4 is 9.47 Å². The second-order valence-corrected chi connectivity index (χ2v) is 7.08. The van der Waals surface area contributed by atoms with Gasteiger partial charge in [0.15, 0.2) is 23.0 Å². The maximum Gasteiger partial charge on any atom is 0.161 e. The van der Waals surface area contributed by atoms with Crippen molar-refractivity contribution in [1.82, 2.24) is 4.98 Å². The van der Waals surface area contributed by atoms with Crippen LogP contribution in [-0.4, -0.2) is 29.4 Å². The summed E-state index contributed by atoms with van der Waals surface area (Å²) in [5.74, 6) is 1.04. The van der Waals surface area contributed by atoms with E-state index in [1.165, 1.54) is 14.2 Å². The molecule has 0 fully saturated rings. The highest BCUT2D eigenvalue weighted by Gasteiger charge is 2.03. The number of methoxy groups -OCH3 is 2. The summed E-state index contributed by atoms with van der Waals surface area (Å²) in [6, 6.07) is 14.1. The van der Waals surface area contributed by atoms with E-state index in [9.17, 15) is 10.2 Å². The molecule has 0 spiro atoms. The molecule has 0 bridgehead atoms. The van der Waals surface area contributed by atoms with Crippen LogP contribution in [0.25, 0.3) is 24.3 Å². The van der Waals surface area contributed by atoms with Crippen molar-refractivity contribution in [3.8, 4) is 23.0 Å². The van der Waals surface area contributed by atoms with Crippen LogP contribution in [0.3, 0.4) is 0 Å². The first-order chi connectivity index (χ1) is 14.0. The smallest absolute Gasteiger partial charge is 0.161 e. The Morgan fingerprint density at radius 2 is 1.17 bits per heavy atom. The van der Waals surface area contributed by atoms with Gasteiger partial charge in [0.25, 0.3) is 0 Å². The van der Waals surface area contributed by atoms with Crippen LogP contribution in [0.5, 0.6) is 23.0 Å². The molecule has 0 amide bonds. The van der Waals surface area contributed by atoms with Gasteiger partial charge < -0.3 is 19.7 Å². The molecule has 29 heavy (non-hydrogen) atoms. The van der Waals surface area contributed by atoms with Crippen molar-refractivity contribution in [3.63, 3.8) is 0 Å². The molecule has 2 aromatic carbocycles. The van der Waals surface area contributed by atoms with E-state index in [1.807, 2.05) is 36.4 Å². The van der Waals surface area contributed by atoms with Gasteiger partial charge in [-0.2, -0.15) is 0 Å². The zero-order valence-electron chi connectivity index (χ0n) is 16.0. The quantitative estimate of drug-likeness (QED) is 0.507. The maximum atomic E-state index is 9.70. The average Bonchev–Trinajstić information content (AvgIpc) is 2.72. The fraction of sp³-hybridized carbons (Fsp3) is 0.0870. The number of aromatic hydroxyl groups is 2. The van der Waals surface area contributed by atoms with E-state index in [1.54, 1.807) is 36.4 Å². The first-order valence-electron chi connectivity index (χ1n) is 8.76. The zero-order chi connectivity index (χ0) is 20.8. The molecule has 0 aliphatic rings. The van der Waals surface area contributed by atoms with Gasteiger partial charge in [-0.3, -0.25) is 0 Å². The number of rotatable bonds is 6. The molecule has 0 saturated heterocycles. The molecule has 0 saturated carbocycles. The standard InChI is InChI=1S/C23H20BrNO4/c1-28-22-11-15(5-9-20(22)26)3-7-18-13-17(24)14-19(25-18)8-4-16-6-10-21(27)23(12-16)29-2/h3-14,26-27H,1-2H3/b7-3+,8-4+. The van der Waals surface area contributed by atoms with Gasteiger partial charge in [-0.25, -0.2) is 4.98 Å². The van der Waals surface area contributed by atoms with Gasteiger partial charge in [0, 0.05) is 4.47 Å². The van der Waals surface area contributed by atoms with Crippen LogP contribution in [0.15, 0.2) is 53.0 Å². The summed E-state index contributed by atoms with van der Waals surface area (Å²) in [5, 5.41) is 19.4. The predicted molar refractivity (Wildman–Crippen MR) is 119 cm³/mol. The number of aromatic nitrogens is 1. The molecule has 0 radical (unpaired) electrons. The lowest BCUT2D eigenvalue weighted by atomic mass is 10.1. The predicted octanol–water partition coefficient (Wildman–Crippen LogP) is 5.61. The lowest BCUT2D eigenvalue weighted by Gasteiger charge is -2.04. The van der Waals surface area contributed by atoms with Crippen molar-refractivity contribution < 1.29 is 19.7 Å². The fourth-order valence-electron chi connectivity index (χ4n) is 2.67. The topological polar surface area (TPSA) is 71.8 Å². The molecule has 6 heteroatoms. The Morgan fingerprint density at radius 1 is 0.724 bits per heavy atom. The van der Waals surface area contributed by atoms with E-state index in [0.29, 0.717) is 11.5 Å². The van der Waals surface area contributed by atoms with Crippen molar-refractivity contribution in [2.45, 2.75) is 0 Å². The third-order valence-corrected chi connectivity index (χ3v) is 4.59. The first-order valence-corrected chi connectivity index (χ1v) is 9.55. The third-order valence-electron chi connectivity index (χ3n) is 4.13. The summed E-state index contributed by atoms with van der Waals surface area (Å²) in [6.45, 7) is 0. The van der Waals surface area contributed by atoms with Gasteiger partial charge in [0.1, 0.15) is 0 Å². The number of benzene rings is 2. The van der Waals surface area contributed by atoms with E-state index in [0.717, 1.165) is 27.0 Å². The second-order valence-electron chi connectivity index (χ2n) is 6.16. The summed E-state index contributed by atoms with van der Waals surface area (Å²) in [4.78, 5) is 4.62. The lowest BCUT2D eigenvalue weighted by Crippen LogP contribution is -1.87. The molecule has 0 unspecified atom stereocenters. The molecule has 1 aromatic heterocycles. The molecular weight excluding hydrogens is 434 g/mol. The minimum absolute atomic E-state index is 0.100. The normalized spacial score (nSPS) is 11.3. The number of phenolic OH excluding ortho intramolecular Hbond substituents is 2. The van der Waals surface area contributed by atoms with Gasteiger partial charge in [-0.15, -0.1) is 0 Å². The summed E-state index contributed by atoms with van der Waals surface area (Å²) in [6.07, 6.45) is 7.57. The van der Waals surface area contributed by atoms with Gasteiger partial charge in [-0.05, 0) is 59.7 Å². The van der Waals surface area contributed by atoms with E-state index < -0.39 is 0 Å². The minimum atomic E-state index is 0.100. The molecule has 1 heterocycles. The van der Waals surface area contributed by atoms with Gasteiger partial charge in [0.2, 0.25) is 0 Å². The molecule has 5 nitrogen and oxygen atoms in total. The maximum absolute atomic E-state index is 9.70. The highest BCUT2D eigenvalue weighted by atomic mass is 79.9. The van der Waals surface area contributed by atoms with Gasteiger partial charge in [-0.1, -0.05) is 40.2 Å². The minimum Gasteiger partial charge on any atom is -0.504 e. The Labute approximate surface area is 177 Å². The number of pyridine rings is 1. The fourth-order valence-corrected chi connectivity index (χ4v) is 3.14. The van der Waals surface area contributed by atoms with Crippen molar-refractivity contribution in [3.05, 3.63) is 75.5 Å². The number of phenols is 2. The second kappa shape index (κ2) is 9.30. The summed E-state index contributed by atoms with van der Waals surface area (Å²) < 4.78 is 11.2. The van der Waals surface area contributed by atoms with Crippen LogP contribution >= 0.6 is 15.9 Å². The summed E-state index contributed by atoms with van der Waals surface area (Å²) in [5.41, 5.74) is 3.31. The van der Waals surface area contributed by atoms with Crippen molar-refractivity contribution >= 4 is 40.2 Å². The SMILES string of the molecule is COc1cc(/C=C/c2cc(Br)cc(/C=C/c3ccc(O)c(OC)c3)n2)ccc1O. The van der Waals surface area contributed by atoms with Crippen molar-refractivity contribution in [2.75, 3.05) is 14.2 Å². The first kappa shape index (κ1) is 20.5. The molecule has 148 valence electrons. The third kappa shape index (κ3) is 5.39. The molecule has 2 N–H and O–H groups in total. The van der Waals surface area contributed by atoms with E-state index in [-0.39, 0.29) is 11.5 Å². The molecule has 3 rings (SSSR count). The molecule has 3 aromatic rings. The van der Waals surface area contributed by atoms with E-state index in [2.05, 4.69) is 20.9 Å². The van der Waals surface area contributed by atoms with E-state index in [4.69, 9.17) is 9.47 Å². The van der Waals surface area contributed by atoms with E-state index >= 15 is 0 Å². The molecule has 0 aliphatic heterocycles. The van der Waals surface area contributed by atoms with Crippen LogP contribution in [0.2, 0.25) is 0 Å². The number of ether oxygens (including phenoxy) is 2. The number of hydrogen-bond acceptors (Lipinski definition) is 5. The van der Waals surface area contributed by atoms with Crippen LogP contribution in [0.1, 0.15) is 22.5 Å². The Bertz CT molecular complexity index is 995. The Hall–Kier alpha value is -3.25. The zero-order valence-corrected chi connectivity index (χ0v) is 17.6. The number of hydrogen-bond donors (Lipinski definition) is 2. The molecular formula is C23H20BrNO4. The highest BCUT2D eigenvalue weighted by molar-refractivity contribution is 9.10. The lowest BCUT2D eigenvalue weighted by molar-refractivity contribution is 0.373. The van der Waals surface area contributed by atoms with Crippen LogP contribution in [0, 0.1) is 0 Å². The van der Waals surface area contributed by atoms with Crippen molar-refractivity contribution in [1.29, 1.82) is 0 Å². The van der Waals surface area contributed by atoms with Crippen molar-refractivity contribution in [2.24, 2.45) is 0 Å². The molecule has 0 aliphatic carbocycles. The van der Waals surface area contributed by atoms with Crippen LogP contribution in [0.4, 0.5) is 0 Å². The van der Waals surface area contributed by atoms with Crippen LogP contribution in [-0.2, 0) is 0 Å².